The molecule has 0 amide bonds. The monoisotopic (exact) mass is 416 g/mol. The van der Waals surface area contributed by atoms with Gasteiger partial charge in [-0.3, -0.25) is 10.2 Å². The molecule has 10 heteroatoms. The smallest absolute Gasteiger partial charge is 0.223 e. The Kier molecular flexibility index (Phi) is 6.57. The van der Waals surface area contributed by atoms with E-state index in [0.29, 0.717) is 49.5 Å². The topological polar surface area (TPSA) is 120 Å². The summed E-state index contributed by atoms with van der Waals surface area (Å²) in [6.07, 6.45) is 2.30. The van der Waals surface area contributed by atoms with Crippen molar-refractivity contribution in [2.45, 2.75) is 26.1 Å². The standard InChI is InChI=1S/C20H24N4O6/c1-13-22-19(24-30-13)12-28-15-2-3-17-14(8-15)4-5-21-18(17)9-20(23-25)29-11-16-10-26-6-7-27-16/h2-3,8-9,16,23,25H,4-7,10-12H2,1H3. The number of aliphatic imine (C=N–C) groups is 1. The van der Waals surface area contributed by atoms with Gasteiger partial charge < -0.3 is 23.5 Å². The summed E-state index contributed by atoms with van der Waals surface area (Å²) in [6.45, 7) is 4.46. The third-order valence-corrected chi connectivity index (χ3v) is 4.64. The molecule has 0 bridgehead atoms. The van der Waals surface area contributed by atoms with Gasteiger partial charge in [0.25, 0.3) is 0 Å². The van der Waals surface area contributed by atoms with Gasteiger partial charge in [-0.25, -0.2) is 5.48 Å². The Morgan fingerprint density at radius 3 is 3.07 bits per heavy atom. The molecule has 30 heavy (non-hydrogen) atoms. The van der Waals surface area contributed by atoms with Crippen LogP contribution in [0.2, 0.25) is 0 Å². The average molecular weight is 416 g/mol. The average Bonchev–Trinajstić information content (AvgIpc) is 3.21. The lowest BCUT2D eigenvalue weighted by atomic mass is 9.97. The molecule has 2 aromatic rings. The van der Waals surface area contributed by atoms with Crippen LogP contribution in [0.25, 0.3) is 0 Å². The molecule has 10 nitrogen and oxygen atoms in total. The van der Waals surface area contributed by atoms with Crippen LogP contribution < -0.4 is 10.2 Å². The number of rotatable bonds is 8. The number of benzene rings is 1. The summed E-state index contributed by atoms with van der Waals surface area (Å²) >= 11 is 0. The number of hydrogen-bond acceptors (Lipinski definition) is 10. The lowest BCUT2D eigenvalue weighted by Gasteiger charge is -2.23. The number of nitrogens with zero attached hydrogens (tertiary/aromatic N) is 3. The molecule has 0 radical (unpaired) electrons. The van der Waals surface area contributed by atoms with Crippen LogP contribution in [0.3, 0.4) is 0 Å². The van der Waals surface area contributed by atoms with E-state index >= 15 is 0 Å². The molecule has 1 saturated heterocycles. The van der Waals surface area contributed by atoms with Crippen LogP contribution in [-0.2, 0) is 27.2 Å². The molecule has 3 heterocycles. The van der Waals surface area contributed by atoms with Gasteiger partial charge in [-0.05, 0) is 30.2 Å². The number of nitrogens with one attached hydrogen (secondary N) is 1. The van der Waals surface area contributed by atoms with E-state index in [1.54, 1.807) is 13.0 Å². The second-order valence-corrected chi connectivity index (χ2v) is 6.85. The molecule has 1 aromatic heterocycles. The zero-order valence-corrected chi connectivity index (χ0v) is 16.7. The highest BCUT2D eigenvalue weighted by Gasteiger charge is 2.18. The minimum atomic E-state index is -0.168. The van der Waals surface area contributed by atoms with Crippen molar-refractivity contribution in [3.8, 4) is 5.75 Å². The summed E-state index contributed by atoms with van der Waals surface area (Å²) in [5.74, 6) is 1.92. The number of fused-ring (bicyclic) bond motifs is 1. The summed E-state index contributed by atoms with van der Waals surface area (Å²) in [5.41, 5.74) is 4.86. The zero-order valence-electron chi connectivity index (χ0n) is 16.7. The van der Waals surface area contributed by atoms with Crippen molar-refractivity contribution in [3.05, 3.63) is 53.0 Å². The second kappa shape index (κ2) is 9.70. The highest BCUT2D eigenvalue weighted by molar-refractivity contribution is 6.10. The lowest BCUT2D eigenvalue weighted by molar-refractivity contribution is -0.112. The number of allylic oxidation sites excluding steroid dienone is 1. The summed E-state index contributed by atoms with van der Waals surface area (Å²) in [5, 5.41) is 13.3. The number of hydrogen-bond donors (Lipinski definition) is 2. The van der Waals surface area contributed by atoms with E-state index in [2.05, 4.69) is 20.6 Å². The maximum absolute atomic E-state index is 9.45. The van der Waals surface area contributed by atoms with Gasteiger partial charge >= 0.3 is 0 Å². The van der Waals surface area contributed by atoms with Crippen LogP contribution >= 0.6 is 0 Å². The first kappa shape index (κ1) is 20.3. The van der Waals surface area contributed by atoms with Crippen molar-refractivity contribution < 1.29 is 28.7 Å². The molecular weight excluding hydrogens is 392 g/mol. The van der Waals surface area contributed by atoms with Gasteiger partial charge in [0, 0.05) is 25.1 Å². The molecule has 1 atom stereocenters. The summed E-state index contributed by atoms with van der Waals surface area (Å²) in [7, 11) is 0. The van der Waals surface area contributed by atoms with Crippen LogP contribution in [0.1, 0.15) is 22.8 Å². The Labute approximate surface area is 173 Å². The van der Waals surface area contributed by atoms with Crippen LogP contribution in [-0.4, -0.2) is 60.1 Å². The molecule has 0 aliphatic carbocycles. The Hall–Kier alpha value is -2.95. The van der Waals surface area contributed by atoms with Gasteiger partial charge in [-0.15, -0.1) is 0 Å². The van der Waals surface area contributed by atoms with E-state index in [9.17, 15) is 5.21 Å². The number of hydroxylamine groups is 1. The number of aryl methyl sites for hydroxylation is 1. The van der Waals surface area contributed by atoms with Crippen LogP contribution in [0, 0.1) is 6.92 Å². The van der Waals surface area contributed by atoms with Crippen molar-refractivity contribution in [1.29, 1.82) is 0 Å². The highest BCUT2D eigenvalue weighted by atomic mass is 16.6. The Morgan fingerprint density at radius 2 is 2.30 bits per heavy atom. The fourth-order valence-electron chi connectivity index (χ4n) is 3.22. The first-order valence-electron chi connectivity index (χ1n) is 9.75. The van der Waals surface area contributed by atoms with Gasteiger partial charge in [0.05, 0.1) is 25.5 Å². The van der Waals surface area contributed by atoms with E-state index in [1.807, 2.05) is 18.2 Å². The summed E-state index contributed by atoms with van der Waals surface area (Å²) < 4.78 is 27.2. The lowest BCUT2D eigenvalue weighted by Crippen LogP contribution is -2.33. The quantitative estimate of drug-likeness (QED) is 0.488. The van der Waals surface area contributed by atoms with Gasteiger partial charge in [-0.2, -0.15) is 4.98 Å². The first-order valence-corrected chi connectivity index (χ1v) is 9.75. The van der Waals surface area contributed by atoms with E-state index in [4.69, 9.17) is 23.5 Å². The summed E-state index contributed by atoms with van der Waals surface area (Å²) in [4.78, 5) is 8.69. The Morgan fingerprint density at radius 1 is 1.37 bits per heavy atom. The van der Waals surface area contributed by atoms with E-state index in [0.717, 1.165) is 17.5 Å². The predicted octanol–water partition coefficient (Wildman–Crippen LogP) is 1.55. The third-order valence-electron chi connectivity index (χ3n) is 4.64. The minimum Gasteiger partial charge on any atom is -0.485 e. The van der Waals surface area contributed by atoms with Gasteiger partial charge in [-0.1, -0.05) is 5.16 Å². The molecular formula is C20H24N4O6. The second-order valence-electron chi connectivity index (χ2n) is 6.85. The van der Waals surface area contributed by atoms with Crippen molar-refractivity contribution in [2.24, 2.45) is 4.99 Å². The number of ether oxygens (including phenoxy) is 4. The minimum absolute atomic E-state index is 0.168. The van der Waals surface area contributed by atoms with Gasteiger partial charge in [0.2, 0.25) is 17.6 Å². The van der Waals surface area contributed by atoms with Crippen molar-refractivity contribution in [2.75, 3.05) is 33.0 Å². The highest BCUT2D eigenvalue weighted by Crippen LogP contribution is 2.24. The maximum atomic E-state index is 9.45. The summed E-state index contributed by atoms with van der Waals surface area (Å²) in [6, 6.07) is 5.78. The van der Waals surface area contributed by atoms with Crippen LogP contribution in [0.15, 0.2) is 39.7 Å². The molecule has 0 saturated carbocycles. The molecule has 2 aliphatic rings. The molecule has 2 N–H and O–H groups in total. The largest absolute Gasteiger partial charge is 0.485 e. The molecule has 1 aromatic carbocycles. The van der Waals surface area contributed by atoms with E-state index in [1.165, 1.54) is 0 Å². The normalized spacial score (nSPS) is 19.1. The predicted molar refractivity (Wildman–Crippen MR) is 104 cm³/mol. The fraction of sp³-hybridized carbons (Fsp3) is 0.450. The third kappa shape index (κ3) is 5.15. The van der Waals surface area contributed by atoms with Crippen molar-refractivity contribution >= 4 is 5.71 Å². The Bertz CT molecular complexity index is 920. The van der Waals surface area contributed by atoms with E-state index in [-0.39, 0.29) is 25.2 Å². The van der Waals surface area contributed by atoms with Gasteiger partial charge in [0.1, 0.15) is 18.5 Å². The van der Waals surface area contributed by atoms with Crippen molar-refractivity contribution in [1.82, 2.24) is 15.6 Å². The molecule has 1 unspecified atom stereocenters. The zero-order chi connectivity index (χ0) is 20.8. The van der Waals surface area contributed by atoms with Crippen molar-refractivity contribution in [3.63, 3.8) is 0 Å². The number of aromatic nitrogens is 2. The SMILES string of the molecule is Cc1nc(COc2ccc3c(c2)CCN=C3C=C(NO)OCC2COCCO2)no1. The maximum Gasteiger partial charge on any atom is 0.223 e. The van der Waals surface area contributed by atoms with Crippen LogP contribution in [0.4, 0.5) is 0 Å². The van der Waals surface area contributed by atoms with Crippen LogP contribution in [0.5, 0.6) is 5.75 Å². The Balaban J connectivity index is 1.41. The molecule has 2 aliphatic heterocycles. The molecule has 0 spiro atoms. The molecule has 4 rings (SSSR count). The fourth-order valence-corrected chi connectivity index (χ4v) is 3.22. The molecule has 160 valence electrons. The first-order chi connectivity index (χ1) is 14.7. The van der Waals surface area contributed by atoms with Gasteiger partial charge in [0.15, 0.2) is 6.61 Å². The van der Waals surface area contributed by atoms with E-state index < -0.39 is 0 Å². The molecule has 1 fully saturated rings.